The van der Waals surface area contributed by atoms with Crippen molar-refractivity contribution in [2.45, 2.75) is 11.8 Å². The molecule has 0 radical (unpaired) electrons. The van der Waals surface area contributed by atoms with Gasteiger partial charge in [-0.3, -0.25) is 4.55 Å². The first kappa shape index (κ1) is 21.3. The van der Waals surface area contributed by atoms with Crippen LogP contribution in [0, 0.1) is 0 Å². The summed E-state index contributed by atoms with van der Waals surface area (Å²) in [6.07, 6.45) is 0. The van der Waals surface area contributed by atoms with E-state index in [1.165, 1.54) is 24.3 Å². The minimum Gasteiger partial charge on any atom is -0.460 e. The summed E-state index contributed by atoms with van der Waals surface area (Å²) in [5, 5.41) is 8.12. The van der Waals surface area contributed by atoms with E-state index in [-0.39, 0.29) is 11.5 Å². The Morgan fingerprint density at radius 2 is 1.57 bits per heavy atom. The Kier molecular flexibility index (Phi) is 7.02. The standard InChI is InChI=1S/C19H21N3O5S/c1-14(2)19(23)27-13-12-22(3)17-8-4-15(5-9-17)20-21-16-6-10-18(11-7-16)28(24,25)26/h4-11H,1,12-13H2,2-3H3,(H,24,25,26). The van der Waals surface area contributed by atoms with E-state index in [4.69, 9.17) is 9.29 Å². The highest BCUT2D eigenvalue weighted by molar-refractivity contribution is 7.85. The Hall–Kier alpha value is -3.04. The zero-order valence-corrected chi connectivity index (χ0v) is 16.4. The van der Waals surface area contributed by atoms with Crippen LogP contribution in [0.15, 0.2) is 75.8 Å². The van der Waals surface area contributed by atoms with E-state index in [1.807, 2.05) is 24.1 Å². The SMILES string of the molecule is C=C(C)C(=O)OCCN(C)c1ccc(N=Nc2ccc(S(=O)(=O)O)cc2)cc1. The summed E-state index contributed by atoms with van der Waals surface area (Å²) in [6.45, 7) is 5.91. The van der Waals surface area contributed by atoms with Gasteiger partial charge in [-0.15, -0.1) is 0 Å². The number of azo groups is 1. The van der Waals surface area contributed by atoms with Crippen molar-refractivity contribution in [3.8, 4) is 0 Å². The maximum atomic E-state index is 11.4. The smallest absolute Gasteiger partial charge is 0.333 e. The van der Waals surface area contributed by atoms with E-state index < -0.39 is 16.1 Å². The second-order valence-electron chi connectivity index (χ2n) is 6.02. The highest BCUT2D eigenvalue weighted by atomic mass is 32.2. The predicted octanol–water partition coefficient (Wildman–Crippen LogP) is 3.90. The molecule has 28 heavy (non-hydrogen) atoms. The van der Waals surface area contributed by atoms with Gasteiger partial charge in [-0.2, -0.15) is 18.6 Å². The van der Waals surface area contributed by atoms with Gasteiger partial charge in [0.1, 0.15) is 6.61 Å². The van der Waals surface area contributed by atoms with Crippen LogP contribution in [0.2, 0.25) is 0 Å². The molecule has 0 aliphatic carbocycles. The van der Waals surface area contributed by atoms with Gasteiger partial charge in [0.25, 0.3) is 10.1 Å². The molecular formula is C19H21N3O5S. The van der Waals surface area contributed by atoms with E-state index >= 15 is 0 Å². The van der Waals surface area contributed by atoms with Crippen molar-refractivity contribution in [1.29, 1.82) is 0 Å². The van der Waals surface area contributed by atoms with Gasteiger partial charge in [-0.05, 0) is 55.5 Å². The number of anilines is 1. The van der Waals surface area contributed by atoms with Crippen LogP contribution in [0.1, 0.15) is 6.92 Å². The van der Waals surface area contributed by atoms with E-state index in [2.05, 4.69) is 16.8 Å². The van der Waals surface area contributed by atoms with Crippen LogP contribution in [-0.4, -0.2) is 39.1 Å². The molecule has 0 aliphatic rings. The Morgan fingerprint density at radius 1 is 1.07 bits per heavy atom. The van der Waals surface area contributed by atoms with E-state index in [1.54, 1.807) is 19.1 Å². The molecule has 0 saturated heterocycles. The largest absolute Gasteiger partial charge is 0.460 e. The monoisotopic (exact) mass is 403 g/mol. The van der Waals surface area contributed by atoms with Crippen molar-refractivity contribution in [3.05, 3.63) is 60.7 Å². The van der Waals surface area contributed by atoms with Crippen LogP contribution in [0.5, 0.6) is 0 Å². The normalized spacial score (nSPS) is 11.4. The maximum absolute atomic E-state index is 11.4. The van der Waals surface area contributed by atoms with Gasteiger partial charge >= 0.3 is 5.97 Å². The van der Waals surface area contributed by atoms with Gasteiger partial charge < -0.3 is 9.64 Å². The lowest BCUT2D eigenvalue weighted by molar-refractivity contribution is -0.138. The number of nitrogens with zero attached hydrogens (tertiary/aromatic N) is 3. The maximum Gasteiger partial charge on any atom is 0.333 e. The molecule has 0 aliphatic heterocycles. The topological polar surface area (TPSA) is 109 Å². The van der Waals surface area contributed by atoms with Crippen molar-refractivity contribution in [3.63, 3.8) is 0 Å². The summed E-state index contributed by atoms with van der Waals surface area (Å²) in [4.78, 5) is 13.1. The Bertz CT molecular complexity index is 968. The lowest BCUT2D eigenvalue weighted by Gasteiger charge is -2.19. The third-order valence-electron chi connectivity index (χ3n) is 3.71. The van der Waals surface area contributed by atoms with Gasteiger partial charge in [0.2, 0.25) is 0 Å². The van der Waals surface area contributed by atoms with E-state index in [0.29, 0.717) is 23.5 Å². The molecule has 0 fully saturated rings. The number of carbonyl (C=O) groups excluding carboxylic acids is 1. The summed E-state index contributed by atoms with van der Waals surface area (Å²) in [5.74, 6) is -0.409. The average molecular weight is 403 g/mol. The van der Waals surface area contributed by atoms with Crippen molar-refractivity contribution in [2.24, 2.45) is 10.2 Å². The van der Waals surface area contributed by atoms with Crippen LogP contribution in [0.25, 0.3) is 0 Å². The molecule has 1 N–H and O–H groups in total. The molecule has 0 aromatic heterocycles. The van der Waals surface area contributed by atoms with Gasteiger partial charge in [0, 0.05) is 18.3 Å². The zero-order valence-electron chi connectivity index (χ0n) is 15.6. The fourth-order valence-electron chi connectivity index (χ4n) is 2.10. The molecule has 9 heteroatoms. The first-order valence-corrected chi connectivity index (χ1v) is 9.74. The van der Waals surface area contributed by atoms with Crippen LogP contribution in [0.4, 0.5) is 17.1 Å². The highest BCUT2D eigenvalue weighted by Gasteiger charge is 2.08. The fourth-order valence-corrected chi connectivity index (χ4v) is 2.58. The second kappa shape index (κ2) is 9.25. The Balaban J connectivity index is 1.93. The molecule has 148 valence electrons. The number of hydrogen-bond acceptors (Lipinski definition) is 7. The number of hydrogen-bond donors (Lipinski definition) is 1. The number of benzene rings is 2. The minimum absolute atomic E-state index is 0.201. The second-order valence-corrected chi connectivity index (χ2v) is 7.44. The lowest BCUT2D eigenvalue weighted by Crippen LogP contribution is -2.23. The van der Waals surface area contributed by atoms with Gasteiger partial charge in [0.05, 0.1) is 22.8 Å². The summed E-state index contributed by atoms with van der Waals surface area (Å²) in [5.41, 5.74) is 2.35. The molecule has 0 saturated carbocycles. The summed E-state index contributed by atoms with van der Waals surface area (Å²) in [6, 6.07) is 12.7. The van der Waals surface area contributed by atoms with Crippen molar-refractivity contribution < 1.29 is 22.5 Å². The summed E-state index contributed by atoms with van der Waals surface area (Å²) in [7, 11) is -2.35. The third-order valence-corrected chi connectivity index (χ3v) is 4.58. The van der Waals surface area contributed by atoms with Crippen molar-refractivity contribution >= 4 is 33.1 Å². The van der Waals surface area contributed by atoms with E-state index in [0.717, 1.165) is 5.69 Å². The molecule has 0 heterocycles. The van der Waals surface area contributed by atoms with Crippen molar-refractivity contribution in [2.75, 3.05) is 25.1 Å². The molecule has 2 aromatic rings. The molecule has 0 bridgehead atoms. The molecule has 2 rings (SSSR count). The first-order valence-electron chi connectivity index (χ1n) is 8.30. The third kappa shape index (κ3) is 6.29. The quantitative estimate of drug-likeness (QED) is 0.310. The number of carbonyl (C=O) groups is 1. The Labute approximate surface area is 163 Å². The van der Waals surface area contributed by atoms with Gasteiger partial charge in [-0.1, -0.05) is 6.58 Å². The number of rotatable bonds is 8. The predicted molar refractivity (Wildman–Crippen MR) is 106 cm³/mol. The summed E-state index contributed by atoms with van der Waals surface area (Å²) >= 11 is 0. The molecule has 0 amide bonds. The average Bonchev–Trinajstić information content (AvgIpc) is 2.66. The number of likely N-dealkylation sites (N-methyl/N-ethyl adjacent to an activating group) is 1. The molecule has 0 spiro atoms. The number of ether oxygens (including phenoxy) is 1. The molecule has 0 atom stereocenters. The summed E-state index contributed by atoms with van der Waals surface area (Å²) < 4.78 is 36.0. The molecule has 8 nitrogen and oxygen atoms in total. The Morgan fingerprint density at radius 3 is 2.04 bits per heavy atom. The van der Waals surface area contributed by atoms with Crippen LogP contribution >= 0.6 is 0 Å². The van der Waals surface area contributed by atoms with Crippen molar-refractivity contribution in [1.82, 2.24) is 0 Å². The number of esters is 1. The lowest BCUT2D eigenvalue weighted by atomic mass is 10.2. The van der Waals surface area contributed by atoms with Gasteiger partial charge in [-0.25, -0.2) is 4.79 Å². The molecule has 0 unspecified atom stereocenters. The van der Waals surface area contributed by atoms with Crippen LogP contribution < -0.4 is 4.90 Å². The van der Waals surface area contributed by atoms with Crippen LogP contribution in [0.3, 0.4) is 0 Å². The molecule has 2 aromatic carbocycles. The van der Waals surface area contributed by atoms with Crippen LogP contribution in [-0.2, 0) is 19.6 Å². The zero-order chi connectivity index (χ0) is 20.7. The minimum atomic E-state index is -4.22. The molecular weight excluding hydrogens is 382 g/mol. The highest BCUT2D eigenvalue weighted by Crippen LogP contribution is 2.22. The first-order chi connectivity index (χ1) is 13.2. The van der Waals surface area contributed by atoms with E-state index in [9.17, 15) is 13.2 Å². The fraction of sp³-hybridized carbons (Fsp3) is 0.211. The van der Waals surface area contributed by atoms with Gasteiger partial charge in [0.15, 0.2) is 0 Å².